The minimum absolute atomic E-state index is 0.357. The molecule has 16 heavy (non-hydrogen) atoms. The molecule has 0 fully saturated rings. The maximum absolute atomic E-state index is 5.74. The van der Waals surface area contributed by atoms with E-state index in [-0.39, 0.29) is 0 Å². The molecule has 0 bridgehead atoms. The molecule has 0 aliphatic heterocycles. The van der Waals surface area contributed by atoms with Gasteiger partial charge in [0.1, 0.15) is 12.0 Å². The molecule has 0 unspecified atom stereocenters. The Bertz CT molecular complexity index is 511. The fourth-order valence-corrected chi connectivity index (χ4v) is 1.62. The number of hydrogen-bond donors (Lipinski definition) is 1. The molecule has 0 aliphatic carbocycles. The largest absolute Gasteiger partial charge is 0.491 e. The maximum Gasteiger partial charge on any atom is 0.187 e. The zero-order valence-corrected chi connectivity index (χ0v) is 9.27. The number of benzene rings is 1. The van der Waals surface area contributed by atoms with Gasteiger partial charge in [0.15, 0.2) is 11.6 Å². The first kappa shape index (κ1) is 10.4. The highest BCUT2D eigenvalue weighted by atomic mass is 16.5. The fourth-order valence-electron chi connectivity index (χ4n) is 1.62. The topological polar surface area (TPSA) is 61.0 Å². The monoisotopic (exact) mass is 215 g/mol. The van der Waals surface area contributed by atoms with Crippen LogP contribution in [0.2, 0.25) is 0 Å². The van der Waals surface area contributed by atoms with Gasteiger partial charge in [-0.1, -0.05) is 24.3 Å². The van der Waals surface area contributed by atoms with Gasteiger partial charge in [0, 0.05) is 5.56 Å². The Labute approximate surface area is 94.1 Å². The third-order valence-electron chi connectivity index (χ3n) is 2.44. The van der Waals surface area contributed by atoms with Crippen LogP contribution in [0, 0.1) is 6.92 Å². The summed E-state index contributed by atoms with van der Waals surface area (Å²) in [6.45, 7) is 2.02. The zero-order valence-electron chi connectivity index (χ0n) is 9.27. The van der Waals surface area contributed by atoms with Crippen LogP contribution < -0.4 is 10.5 Å². The van der Waals surface area contributed by atoms with Crippen LogP contribution in [0.1, 0.15) is 5.56 Å². The quantitative estimate of drug-likeness (QED) is 0.832. The van der Waals surface area contributed by atoms with Gasteiger partial charge in [0.05, 0.1) is 7.11 Å². The van der Waals surface area contributed by atoms with Gasteiger partial charge in [0.2, 0.25) is 0 Å². The van der Waals surface area contributed by atoms with Gasteiger partial charge in [-0.3, -0.25) is 0 Å². The summed E-state index contributed by atoms with van der Waals surface area (Å²) in [7, 11) is 1.57. The Morgan fingerprint density at radius 2 is 1.94 bits per heavy atom. The number of ether oxygens (including phenoxy) is 1. The predicted molar refractivity (Wildman–Crippen MR) is 63.2 cm³/mol. The van der Waals surface area contributed by atoms with Crippen molar-refractivity contribution in [3.8, 4) is 17.0 Å². The Morgan fingerprint density at radius 1 is 1.19 bits per heavy atom. The lowest BCUT2D eigenvalue weighted by atomic mass is 10.1. The van der Waals surface area contributed by atoms with Gasteiger partial charge in [-0.05, 0) is 12.5 Å². The van der Waals surface area contributed by atoms with Crippen molar-refractivity contribution in [1.29, 1.82) is 0 Å². The van der Waals surface area contributed by atoms with Crippen LogP contribution in [0.4, 0.5) is 5.82 Å². The second-order valence-electron chi connectivity index (χ2n) is 3.46. The third kappa shape index (κ3) is 1.69. The van der Waals surface area contributed by atoms with Crippen molar-refractivity contribution in [1.82, 2.24) is 9.97 Å². The lowest BCUT2D eigenvalue weighted by Crippen LogP contribution is -2.00. The standard InChI is InChI=1S/C12H13N3O/c1-8-5-3-4-6-9(8)10-11(16-2)12(13)15-7-14-10/h3-7H,1-2H3,(H2,13,14,15). The molecule has 0 saturated heterocycles. The summed E-state index contributed by atoms with van der Waals surface area (Å²) in [5, 5.41) is 0. The molecule has 2 aromatic rings. The van der Waals surface area contributed by atoms with Gasteiger partial charge >= 0.3 is 0 Å². The van der Waals surface area contributed by atoms with Gasteiger partial charge in [-0.15, -0.1) is 0 Å². The van der Waals surface area contributed by atoms with E-state index < -0.39 is 0 Å². The highest BCUT2D eigenvalue weighted by Gasteiger charge is 2.12. The van der Waals surface area contributed by atoms with Crippen molar-refractivity contribution >= 4 is 5.82 Å². The molecule has 1 aromatic carbocycles. The van der Waals surface area contributed by atoms with Crippen LogP contribution in [0.15, 0.2) is 30.6 Å². The number of nitrogens with two attached hydrogens (primary N) is 1. The van der Waals surface area contributed by atoms with Crippen molar-refractivity contribution in [2.45, 2.75) is 6.92 Å². The fraction of sp³-hybridized carbons (Fsp3) is 0.167. The van der Waals surface area contributed by atoms with E-state index >= 15 is 0 Å². The highest BCUT2D eigenvalue weighted by molar-refractivity contribution is 5.73. The Morgan fingerprint density at radius 3 is 2.62 bits per heavy atom. The molecular formula is C12H13N3O. The minimum Gasteiger partial charge on any atom is -0.491 e. The molecule has 0 aliphatic rings. The third-order valence-corrected chi connectivity index (χ3v) is 2.44. The van der Waals surface area contributed by atoms with E-state index in [9.17, 15) is 0 Å². The Balaban J connectivity index is 2.65. The van der Waals surface area contributed by atoms with E-state index in [1.54, 1.807) is 7.11 Å². The van der Waals surface area contributed by atoms with Gasteiger partial charge in [-0.25, -0.2) is 9.97 Å². The first-order valence-corrected chi connectivity index (χ1v) is 4.94. The van der Waals surface area contributed by atoms with Crippen molar-refractivity contribution in [3.05, 3.63) is 36.2 Å². The van der Waals surface area contributed by atoms with Gasteiger partial charge < -0.3 is 10.5 Å². The normalized spacial score (nSPS) is 10.1. The molecule has 2 rings (SSSR count). The lowest BCUT2D eigenvalue weighted by Gasteiger charge is -2.10. The Kier molecular flexibility index (Phi) is 2.72. The molecule has 0 saturated carbocycles. The molecular weight excluding hydrogens is 202 g/mol. The average molecular weight is 215 g/mol. The van der Waals surface area contributed by atoms with Gasteiger partial charge in [0.25, 0.3) is 0 Å². The zero-order chi connectivity index (χ0) is 11.5. The van der Waals surface area contributed by atoms with Crippen molar-refractivity contribution in [2.75, 3.05) is 12.8 Å². The predicted octanol–water partition coefficient (Wildman–Crippen LogP) is 2.04. The lowest BCUT2D eigenvalue weighted by molar-refractivity contribution is 0.415. The summed E-state index contributed by atoms with van der Waals surface area (Å²) in [4.78, 5) is 8.13. The molecule has 4 nitrogen and oxygen atoms in total. The second-order valence-corrected chi connectivity index (χ2v) is 3.46. The van der Waals surface area contributed by atoms with Crippen LogP contribution in [-0.2, 0) is 0 Å². The molecule has 4 heteroatoms. The van der Waals surface area contributed by atoms with Crippen LogP contribution in [-0.4, -0.2) is 17.1 Å². The molecule has 0 spiro atoms. The molecule has 82 valence electrons. The number of methoxy groups -OCH3 is 1. The number of anilines is 1. The van der Waals surface area contributed by atoms with E-state index in [2.05, 4.69) is 9.97 Å². The van der Waals surface area contributed by atoms with Crippen LogP contribution in [0.3, 0.4) is 0 Å². The summed E-state index contributed by atoms with van der Waals surface area (Å²) >= 11 is 0. The smallest absolute Gasteiger partial charge is 0.187 e. The average Bonchev–Trinajstić information content (AvgIpc) is 2.29. The van der Waals surface area contributed by atoms with Crippen molar-refractivity contribution in [2.24, 2.45) is 0 Å². The molecule has 1 aromatic heterocycles. The van der Waals surface area contributed by atoms with Crippen LogP contribution in [0.25, 0.3) is 11.3 Å². The number of aromatic nitrogens is 2. The summed E-state index contributed by atoms with van der Waals surface area (Å²) < 4.78 is 5.24. The van der Waals surface area contributed by atoms with E-state index in [0.29, 0.717) is 11.6 Å². The van der Waals surface area contributed by atoms with Crippen molar-refractivity contribution < 1.29 is 4.74 Å². The maximum atomic E-state index is 5.74. The van der Waals surface area contributed by atoms with Crippen LogP contribution in [0.5, 0.6) is 5.75 Å². The van der Waals surface area contributed by atoms with E-state index in [1.165, 1.54) is 6.33 Å². The number of hydrogen-bond acceptors (Lipinski definition) is 4. The molecule has 0 radical (unpaired) electrons. The highest BCUT2D eigenvalue weighted by Crippen LogP contribution is 2.32. The first-order chi connectivity index (χ1) is 7.74. The minimum atomic E-state index is 0.357. The second kappa shape index (κ2) is 4.18. The number of nitrogens with zero attached hydrogens (tertiary/aromatic N) is 2. The molecule has 2 N–H and O–H groups in total. The van der Waals surface area contributed by atoms with E-state index in [0.717, 1.165) is 16.8 Å². The van der Waals surface area contributed by atoms with Crippen molar-refractivity contribution in [3.63, 3.8) is 0 Å². The summed E-state index contributed by atoms with van der Waals surface area (Å²) in [6.07, 6.45) is 1.44. The number of nitrogen functional groups attached to an aromatic ring is 1. The summed E-state index contributed by atoms with van der Waals surface area (Å²) in [5.41, 5.74) is 8.60. The number of aryl methyl sites for hydroxylation is 1. The Hall–Kier alpha value is -2.10. The molecule has 1 heterocycles. The van der Waals surface area contributed by atoms with E-state index in [4.69, 9.17) is 10.5 Å². The first-order valence-electron chi connectivity index (χ1n) is 4.94. The van der Waals surface area contributed by atoms with Crippen LogP contribution >= 0.6 is 0 Å². The number of rotatable bonds is 2. The molecule has 0 atom stereocenters. The SMILES string of the molecule is COc1c(N)ncnc1-c1ccccc1C. The summed E-state index contributed by atoms with van der Waals surface area (Å²) in [6, 6.07) is 7.95. The van der Waals surface area contributed by atoms with Gasteiger partial charge in [-0.2, -0.15) is 0 Å². The van der Waals surface area contributed by atoms with E-state index in [1.807, 2.05) is 31.2 Å². The molecule has 0 amide bonds. The summed E-state index contributed by atoms with van der Waals surface area (Å²) in [5.74, 6) is 0.882.